The van der Waals surface area contributed by atoms with Gasteiger partial charge < -0.3 is 21.1 Å². The molecule has 0 fully saturated rings. The van der Waals surface area contributed by atoms with Gasteiger partial charge in [-0.05, 0) is 5.92 Å². The average Bonchev–Trinajstić information content (AvgIpc) is 2.65. The summed E-state index contributed by atoms with van der Waals surface area (Å²) in [5, 5.41) is 0.596. The number of esters is 1. The summed E-state index contributed by atoms with van der Waals surface area (Å²) in [6, 6.07) is 0. The number of nitrogen functional groups attached to an aromatic ring is 1. The highest BCUT2D eigenvalue weighted by Gasteiger charge is 2.26. The Morgan fingerprint density at radius 1 is 1.42 bits per heavy atom. The van der Waals surface area contributed by atoms with Crippen molar-refractivity contribution in [1.29, 1.82) is 0 Å². The lowest BCUT2D eigenvalue weighted by molar-refractivity contribution is 0.0607. The topological polar surface area (TPSA) is 98.6 Å². The molecule has 7 heteroatoms. The lowest BCUT2D eigenvalue weighted by Crippen LogP contribution is -2.25. The van der Waals surface area contributed by atoms with Crippen LogP contribution in [0.2, 0.25) is 0 Å². The fourth-order valence-electron chi connectivity index (χ4n) is 1.81. The van der Waals surface area contributed by atoms with Gasteiger partial charge in [0.05, 0.1) is 18.4 Å². The van der Waals surface area contributed by atoms with Crippen LogP contribution >= 0.6 is 11.3 Å². The molecule has 1 aromatic rings. The SMILES string of the molecule is COC(=O)c1sc(N(C)CC(C)C)c(C(N)=O)c1N. The van der Waals surface area contributed by atoms with E-state index in [0.717, 1.165) is 17.9 Å². The van der Waals surface area contributed by atoms with Crippen LogP contribution < -0.4 is 16.4 Å². The Morgan fingerprint density at radius 3 is 2.42 bits per heavy atom. The Kier molecular flexibility index (Phi) is 4.77. The van der Waals surface area contributed by atoms with E-state index >= 15 is 0 Å². The minimum absolute atomic E-state index is 0.0926. The van der Waals surface area contributed by atoms with Crippen molar-refractivity contribution in [2.45, 2.75) is 13.8 Å². The molecule has 0 radical (unpaired) electrons. The highest BCUT2D eigenvalue weighted by Crippen LogP contribution is 2.38. The van der Waals surface area contributed by atoms with Crippen molar-refractivity contribution in [2.24, 2.45) is 11.7 Å². The highest BCUT2D eigenvalue weighted by molar-refractivity contribution is 7.19. The normalized spacial score (nSPS) is 10.6. The van der Waals surface area contributed by atoms with Gasteiger partial charge >= 0.3 is 5.97 Å². The number of methoxy groups -OCH3 is 1. The third-order valence-corrected chi connectivity index (χ3v) is 3.83. The van der Waals surface area contributed by atoms with Gasteiger partial charge in [-0.1, -0.05) is 13.8 Å². The van der Waals surface area contributed by atoms with Gasteiger partial charge in [0, 0.05) is 13.6 Å². The molecule has 0 aliphatic rings. The lowest BCUT2D eigenvalue weighted by atomic mass is 10.2. The monoisotopic (exact) mass is 285 g/mol. The van der Waals surface area contributed by atoms with Gasteiger partial charge in [0.1, 0.15) is 9.88 Å². The van der Waals surface area contributed by atoms with Crippen LogP contribution in [0.15, 0.2) is 0 Å². The lowest BCUT2D eigenvalue weighted by Gasteiger charge is -2.20. The number of carbonyl (C=O) groups is 2. The molecule has 1 heterocycles. The molecule has 0 aliphatic heterocycles. The molecule has 19 heavy (non-hydrogen) atoms. The molecule has 0 saturated heterocycles. The molecule has 0 saturated carbocycles. The summed E-state index contributed by atoms with van der Waals surface area (Å²) in [5.74, 6) is -0.806. The van der Waals surface area contributed by atoms with E-state index in [-0.39, 0.29) is 16.1 Å². The Hall–Kier alpha value is -1.76. The number of hydrogen-bond acceptors (Lipinski definition) is 6. The molecule has 6 nitrogen and oxygen atoms in total. The van der Waals surface area contributed by atoms with Crippen molar-refractivity contribution in [3.8, 4) is 0 Å². The molecule has 1 rings (SSSR count). The van der Waals surface area contributed by atoms with Crippen molar-refractivity contribution >= 4 is 33.9 Å². The van der Waals surface area contributed by atoms with E-state index in [1.807, 2.05) is 11.9 Å². The molecule has 0 atom stereocenters. The van der Waals surface area contributed by atoms with Crippen LogP contribution in [0.5, 0.6) is 0 Å². The van der Waals surface area contributed by atoms with Crippen molar-refractivity contribution < 1.29 is 14.3 Å². The molecule has 0 aliphatic carbocycles. The molecule has 0 unspecified atom stereocenters. The van der Waals surface area contributed by atoms with E-state index in [1.54, 1.807) is 0 Å². The minimum atomic E-state index is -0.644. The van der Waals surface area contributed by atoms with E-state index in [9.17, 15) is 9.59 Å². The molecule has 0 spiro atoms. The average molecular weight is 285 g/mol. The van der Waals surface area contributed by atoms with Crippen LogP contribution in [-0.4, -0.2) is 32.6 Å². The molecule has 1 aromatic heterocycles. The minimum Gasteiger partial charge on any atom is -0.465 e. The third kappa shape index (κ3) is 3.17. The van der Waals surface area contributed by atoms with Crippen LogP contribution in [-0.2, 0) is 4.74 Å². The first kappa shape index (κ1) is 15.3. The van der Waals surface area contributed by atoms with E-state index in [4.69, 9.17) is 11.5 Å². The molecule has 0 bridgehead atoms. The zero-order valence-corrected chi connectivity index (χ0v) is 12.3. The summed E-state index contributed by atoms with van der Waals surface area (Å²) >= 11 is 1.12. The Bertz CT molecular complexity index is 497. The van der Waals surface area contributed by atoms with Gasteiger partial charge in [-0.25, -0.2) is 4.79 Å². The van der Waals surface area contributed by atoms with Gasteiger partial charge in [-0.3, -0.25) is 4.79 Å². The first-order valence-corrected chi connectivity index (χ1v) is 6.62. The van der Waals surface area contributed by atoms with E-state index in [2.05, 4.69) is 18.6 Å². The van der Waals surface area contributed by atoms with Crippen molar-refractivity contribution in [3.63, 3.8) is 0 Å². The molecule has 4 N–H and O–H groups in total. The van der Waals surface area contributed by atoms with Crippen LogP contribution in [0.1, 0.15) is 33.9 Å². The van der Waals surface area contributed by atoms with E-state index in [0.29, 0.717) is 10.9 Å². The predicted molar refractivity (Wildman–Crippen MR) is 76.7 cm³/mol. The number of thiophene rings is 1. The summed E-state index contributed by atoms with van der Waals surface area (Å²) in [7, 11) is 3.10. The van der Waals surface area contributed by atoms with Crippen molar-refractivity contribution in [2.75, 3.05) is 31.3 Å². The third-order valence-electron chi connectivity index (χ3n) is 2.53. The van der Waals surface area contributed by atoms with Crippen LogP contribution in [0.25, 0.3) is 0 Å². The summed E-state index contributed by atoms with van der Waals surface area (Å²) in [6.45, 7) is 4.83. The number of amides is 1. The number of nitrogens with zero attached hydrogens (tertiary/aromatic N) is 1. The summed E-state index contributed by atoms with van der Waals surface area (Å²) < 4.78 is 4.65. The van der Waals surface area contributed by atoms with Crippen molar-refractivity contribution in [1.82, 2.24) is 0 Å². The quantitative estimate of drug-likeness (QED) is 0.795. The maximum absolute atomic E-state index is 11.6. The predicted octanol–water partition coefficient (Wildman–Crippen LogP) is 1.31. The van der Waals surface area contributed by atoms with Crippen LogP contribution in [0.4, 0.5) is 10.7 Å². The summed E-state index contributed by atoms with van der Waals surface area (Å²) in [5.41, 5.74) is 11.5. The summed E-state index contributed by atoms with van der Waals surface area (Å²) in [4.78, 5) is 25.2. The second-order valence-corrected chi connectivity index (χ2v) is 5.65. The molecule has 0 aromatic carbocycles. The maximum Gasteiger partial charge on any atom is 0.350 e. The standard InChI is InChI=1S/C12H19N3O3S/c1-6(2)5-15(3)11-7(10(14)16)8(13)9(19-11)12(17)18-4/h6H,5,13H2,1-4H3,(H2,14,16). The zero-order valence-electron chi connectivity index (χ0n) is 11.5. The fourth-order valence-corrected chi connectivity index (χ4v) is 2.93. The fraction of sp³-hybridized carbons (Fsp3) is 0.500. The van der Waals surface area contributed by atoms with Gasteiger partial charge in [0.2, 0.25) is 0 Å². The number of nitrogens with two attached hydrogens (primary N) is 2. The number of primary amides is 1. The molecular formula is C12H19N3O3S. The molecule has 1 amide bonds. The Morgan fingerprint density at radius 2 is 2.00 bits per heavy atom. The van der Waals surface area contributed by atoms with Gasteiger partial charge in [-0.15, -0.1) is 11.3 Å². The van der Waals surface area contributed by atoms with E-state index < -0.39 is 11.9 Å². The van der Waals surface area contributed by atoms with Crippen LogP contribution in [0, 0.1) is 5.92 Å². The Balaban J connectivity index is 3.30. The highest BCUT2D eigenvalue weighted by atomic mass is 32.1. The zero-order chi connectivity index (χ0) is 14.7. The number of carbonyl (C=O) groups excluding carboxylic acids is 2. The smallest absolute Gasteiger partial charge is 0.350 e. The number of anilines is 2. The number of hydrogen-bond donors (Lipinski definition) is 2. The van der Waals surface area contributed by atoms with E-state index in [1.165, 1.54) is 7.11 Å². The Labute approximate surface area is 116 Å². The second-order valence-electron chi connectivity index (χ2n) is 4.66. The first-order valence-electron chi connectivity index (χ1n) is 5.81. The molecule has 106 valence electrons. The largest absolute Gasteiger partial charge is 0.465 e. The number of rotatable bonds is 5. The van der Waals surface area contributed by atoms with Gasteiger partial charge in [0.25, 0.3) is 5.91 Å². The van der Waals surface area contributed by atoms with Crippen molar-refractivity contribution in [3.05, 3.63) is 10.4 Å². The maximum atomic E-state index is 11.6. The van der Waals surface area contributed by atoms with Crippen LogP contribution in [0.3, 0.4) is 0 Å². The first-order chi connectivity index (χ1) is 8.79. The van der Waals surface area contributed by atoms with Gasteiger partial charge in [0.15, 0.2) is 0 Å². The second kappa shape index (κ2) is 5.92. The molecular weight excluding hydrogens is 266 g/mol. The number of ether oxygens (including phenoxy) is 1. The van der Waals surface area contributed by atoms with Gasteiger partial charge in [-0.2, -0.15) is 0 Å². The summed E-state index contributed by atoms with van der Waals surface area (Å²) in [6.07, 6.45) is 0.